The molecule has 0 radical (unpaired) electrons. The molecule has 1 fully saturated rings. The zero-order valence-electron chi connectivity index (χ0n) is 10.7. The fraction of sp³-hybridized carbons (Fsp3) is 0.308. The molecule has 2 heterocycles. The highest BCUT2D eigenvalue weighted by atomic mass is 79.9. The highest BCUT2D eigenvalue weighted by Gasteiger charge is 2.19. The molecule has 2 aromatic rings. The first-order chi connectivity index (χ1) is 9.65. The van der Waals surface area contributed by atoms with Crippen LogP contribution in [0.5, 0.6) is 0 Å². The first kappa shape index (κ1) is 13.2. The monoisotopic (exact) mass is 337 g/mol. The number of aromatic nitrogens is 3. The molecule has 1 aromatic heterocycles. The molecular weight excluding hydrogens is 325 g/mol. The lowest BCUT2D eigenvalue weighted by Crippen LogP contribution is -2.21. The molecule has 0 bridgehead atoms. The average Bonchev–Trinajstić information content (AvgIpc) is 2.95. The zero-order valence-corrected chi connectivity index (χ0v) is 12.3. The molecule has 0 amide bonds. The highest BCUT2D eigenvalue weighted by Crippen LogP contribution is 2.27. The summed E-state index contributed by atoms with van der Waals surface area (Å²) in [4.78, 5) is 14.6. The van der Waals surface area contributed by atoms with Crippen molar-refractivity contribution in [3.63, 3.8) is 0 Å². The van der Waals surface area contributed by atoms with Crippen LogP contribution >= 0.6 is 15.9 Å². The van der Waals surface area contributed by atoms with Gasteiger partial charge in [-0.2, -0.15) is 15.0 Å². The number of anilines is 2. The summed E-state index contributed by atoms with van der Waals surface area (Å²) in [5.74, 6) is 0.490. The van der Waals surface area contributed by atoms with E-state index >= 15 is 0 Å². The van der Waals surface area contributed by atoms with Gasteiger partial charge in [0.2, 0.25) is 11.9 Å². The van der Waals surface area contributed by atoms with Crippen molar-refractivity contribution in [1.29, 1.82) is 0 Å². The van der Waals surface area contributed by atoms with E-state index in [0.717, 1.165) is 25.9 Å². The molecule has 0 aliphatic carbocycles. The van der Waals surface area contributed by atoms with Crippen LogP contribution in [0.2, 0.25) is 0 Å². The number of nitrogens with two attached hydrogens (primary N) is 1. The molecule has 7 heteroatoms. The first-order valence-corrected chi connectivity index (χ1v) is 7.15. The molecule has 1 aliphatic heterocycles. The van der Waals surface area contributed by atoms with Crippen molar-refractivity contribution in [3.8, 4) is 11.4 Å². The van der Waals surface area contributed by atoms with Gasteiger partial charge in [0, 0.05) is 13.1 Å². The fourth-order valence-electron chi connectivity index (χ4n) is 2.24. The Bertz CT molecular complexity index is 643. The summed E-state index contributed by atoms with van der Waals surface area (Å²) >= 11 is 3.16. The van der Waals surface area contributed by atoms with Crippen molar-refractivity contribution in [1.82, 2.24) is 15.0 Å². The number of nitrogen functional groups attached to an aromatic ring is 1. The van der Waals surface area contributed by atoms with E-state index in [4.69, 9.17) is 5.73 Å². The molecule has 0 atom stereocenters. The summed E-state index contributed by atoms with van der Waals surface area (Å²) in [7, 11) is 0. The van der Waals surface area contributed by atoms with Crippen molar-refractivity contribution in [3.05, 3.63) is 28.5 Å². The average molecular weight is 338 g/mol. The molecule has 104 valence electrons. The second-order valence-corrected chi connectivity index (χ2v) is 5.47. The summed E-state index contributed by atoms with van der Waals surface area (Å²) in [5.41, 5.74) is 6.04. The largest absolute Gasteiger partial charge is 0.368 e. The van der Waals surface area contributed by atoms with E-state index in [9.17, 15) is 4.39 Å². The van der Waals surface area contributed by atoms with Gasteiger partial charge >= 0.3 is 0 Å². The van der Waals surface area contributed by atoms with Crippen LogP contribution in [0.1, 0.15) is 12.8 Å². The molecule has 20 heavy (non-hydrogen) atoms. The SMILES string of the molecule is Nc1nc(-c2cccc(Br)c2F)nc(N2CCCC2)n1. The second kappa shape index (κ2) is 5.32. The minimum Gasteiger partial charge on any atom is -0.368 e. The lowest BCUT2D eigenvalue weighted by molar-refractivity contribution is 0.623. The minimum atomic E-state index is -0.398. The topological polar surface area (TPSA) is 67.9 Å². The molecule has 0 saturated carbocycles. The third kappa shape index (κ3) is 2.45. The van der Waals surface area contributed by atoms with Gasteiger partial charge in [-0.1, -0.05) is 6.07 Å². The number of nitrogens with zero attached hydrogens (tertiary/aromatic N) is 4. The van der Waals surface area contributed by atoms with E-state index in [-0.39, 0.29) is 11.8 Å². The summed E-state index contributed by atoms with van der Waals surface area (Å²) in [6.07, 6.45) is 2.21. The van der Waals surface area contributed by atoms with Crippen molar-refractivity contribution in [2.24, 2.45) is 0 Å². The Morgan fingerprint density at radius 2 is 1.90 bits per heavy atom. The maximum atomic E-state index is 14.1. The van der Waals surface area contributed by atoms with Crippen LogP contribution in [0.15, 0.2) is 22.7 Å². The Morgan fingerprint density at radius 3 is 2.65 bits per heavy atom. The molecule has 0 spiro atoms. The molecule has 2 N–H and O–H groups in total. The zero-order chi connectivity index (χ0) is 14.1. The highest BCUT2D eigenvalue weighted by molar-refractivity contribution is 9.10. The molecule has 1 aliphatic rings. The van der Waals surface area contributed by atoms with Crippen LogP contribution in [0.3, 0.4) is 0 Å². The number of benzene rings is 1. The Kier molecular flexibility index (Phi) is 3.52. The normalized spacial score (nSPS) is 14.8. The Hall–Kier alpha value is -1.76. The van der Waals surface area contributed by atoms with E-state index < -0.39 is 5.82 Å². The lowest BCUT2D eigenvalue weighted by Gasteiger charge is -2.15. The quantitative estimate of drug-likeness (QED) is 0.912. The van der Waals surface area contributed by atoms with Gasteiger partial charge in [-0.15, -0.1) is 0 Å². The third-order valence-corrected chi connectivity index (χ3v) is 3.83. The maximum Gasteiger partial charge on any atom is 0.230 e. The summed E-state index contributed by atoms with van der Waals surface area (Å²) in [6, 6.07) is 4.99. The Morgan fingerprint density at radius 1 is 1.15 bits per heavy atom. The van der Waals surface area contributed by atoms with Crippen molar-refractivity contribution >= 4 is 27.8 Å². The smallest absolute Gasteiger partial charge is 0.230 e. The predicted octanol–water partition coefficient (Wildman–Crippen LogP) is 2.62. The van der Waals surface area contributed by atoms with Gasteiger partial charge in [0.15, 0.2) is 5.82 Å². The summed E-state index contributed by atoms with van der Waals surface area (Å²) < 4.78 is 14.5. The van der Waals surface area contributed by atoms with Gasteiger partial charge < -0.3 is 10.6 Å². The van der Waals surface area contributed by atoms with Crippen LogP contribution < -0.4 is 10.6 Å². The molecule has 1 saturated heterocycles. The van der Waals surface area contributed by atoms with Crippen molar-refractivity contribution < 1.29 is 4.39 Å². The molecule has 3 rings (SSSR count). The standard InChI is InChI=1S/C13H13BrFN5/c14-9-5-3-4-8(10(9)15)11-17-12(16)19-13(18-11)20-6-1-2-7-20/h3-5H,1-2,6-7H2,(H2,16,17,18,19). The lowest BCUT2D eigenvalue weighted by atomic mass is 10.2. The van der Waals surface area contributed by atoms with Crippen LogP contribution in [0.25, 0.3) is 11.4 Å². The fourth-order valence-corrected chi connectivity index (χ4v) is 2.60. The van der Waals surface area contributed by atoms with Gasteiger partial charge in [-0.3, -0.25) is 0 Å². The van der Waals surface area contributed by atoms with Crippen molar-refractivity contribution in [2.75, 3.05) is 23.7 Å². The van der Waals surface area contributed by atoms with Gasteiger partial charge in [0.1, 0.15) is 5.82 Å². The van der Waals surface area contributed by atoms with Crippen LogP contribution in [0, 0.1) is 5.82 Å². The third-order valence-electron chi connectivity index (χ3n) is 3.22. The van der Waals surface area contributed by atoms with E-state index in [1.54, 1.807) is 18.2 Å². The number of hydrogen-bond donors (Lipinski definition) is 1. The molecule has 0 unspecified atom stereocenters. The molecule has 5 nitrogen and oxygen atoms in total. The number of hydrogen-bond acceptors (Lipinski definition) is 5. The van der Waals surface area contributed by atoms with Crippen molar-refractivity contribution in [2.45, 2.75) is 12.8 Å². The number of rotatable bonds is 2. The second-order valence-electron chi connectivity index (χ2n) is 4.61. The van der Waals surface area contributed by atoms with Gasteiger partial charge in [-0.05, 0) is 40.9 Å². The maximum absolute atomic E-state index is 14.1. The number of halogens is 2. The van der Waals surface area contributed by atoms with E-state index in [0.29, 0.717) is 16.0 Å². The van der Waals surface area contributed by atoms with Crippen LogP contribution in [-0.2, 0) is 0 Å². The predicted molar refractivity (Wildman–Crippen MR) is 78.8 cm³/mol. The Balaban J connectivity index is 2.07. The van der Waals surface area contributed by atoms with Gasteiger partial charge in [-0.25, -0.2) is 4.39 Å². The molecular formula is C13H13BrFN5. The van der Waals surface area contributed by atoms with Crippen LogP contribution in [-0.4, -0.2) is 28.0 Å². The summed E-state index contributed by atoms with van der Waals surface area (Å²) in [5, 5.41) is 0. The van der Waals surface area contributed by atoms with E-state index in [1.165, 1.54) is 0 Å². The minimum absolute atomic E-state index is 0.108. The van der Waals surface area contributed by atoms with E-state index in [2.05, 4.69) is 30.9 Å². The van der Waals surface area contributed by atoms with Gasteiger partial charge in [0.05, 0.1) is 10.0 Å². The summed E-state index contributed by atoms with van der Waals surface area (Å²) in [6.45, 7) is 1.79. The first-order valence-electron chi connectivity index (χ1n) is 6.36. The Labute approximate surface area is 124 Å². The molecule has 1 aromatic carbocycles. The van der Waals surface area contributed by atoms with Crippen LogP contribution in [0.4, 0.5) is 16.3 Å². The van der Waals surface area contributed by atoms with Gasteiger partial charge in [0.25, 0.3) is 0 Å². The van der Waals surface area contributed by atoms with E-state index in [1.807, 2.05) is 4.90 Å².